The van der Waals surface area contributed by atoms with Crippen LogP contribution in [-0.2, 0) is 27.7 Å². The van der Waals surface area contributed by atoms with Gasteiger partial charge in [0.1, 0.15) is 10.5 Å². The Hall–Kier alpha value is -3.92. The molecule has 1 fully saturated rings. The van der Waals surface area contributed by atoms with Crippen molar-refractivity contribution in [2.45, 2.75) is 44.6 Å². The number of likely N-dealkylation sites (N-methyl/N-ethyl adjacent to an activating group) is 1. The van der Waals surface area contributed by atoms with Gasteiger partial charge in [0, 0.05) is 52.5 Å². The van der Waals surface area contributed by atoms with E-state index in [0.717, 1.165) is 6.54 Å². The van der Waals surface area contributed by atoms with Crippen LogP contribution < -0.4 is 15.8 Å². The maximum atomic E-state index is 13.9. The Kier molecular flexibility index (Phi) is 11.4. The van der Waals surface area contributed by atoms with E-state index in [1.54, 1.807) is 24.1 Å². The molecular weight excluding hydrogens is 588 g/mol. The molecule has 3 N–H and O–H groups in total. The van der Waals surface area contributed by atoms with Crippen molar-refractivity contribution in [3.63, 3.8) is 0 Å². The Balaban J connectivity index is 1.71. The first-order chi connectivity index (χ1) is 21.2. The third-order valence-electron chi connectivity index (χ3n) is 7.27. The molecule has 44 heavy (non-hydrogen) atoms. The number of amides is 2. The van der Waals surface area contributed by atoms with Crippen LogP contribution in [0.4, 0.5) is 5.69 Å². The van der Waals surface area contributed by atoms with Crippen LogP contribution in [0.25, 0.3) is 0 Å². The van der Waals surface area contributed by atoms with Crippen molar-refractivity contribution >= 4 is 27.5 Å². The number of carbonyl (C=O) groups is 2. The van der Waals surface area contributed by atoms with Gasteiger partial charge in [-0.25, -0.2) is 13.4 Å². The first kappa shape index (κ1) is 33.0. The zero-order valence-corrected chi connectivity index (χ0v) is 26.2. The maximum Gasteiger partial charge on any atom is 0.271 e. The van der Waals surface area contributed by atoms with Crippen LogP contribution in [0, 0.1) is 0 Å². The molecule has 1 aliphatic heterocycles. The smallest absolute Gasteiger partial charge is 0.271 e. The molecule has 14 nitrogen and oxygen atoms in total. The van der Waals surface area contributed by atoms with Gasteiger partial charge < -0.3 is 25.4 Å². The first-order valence-electron chi connectivity index (χ1n) is 14.6. The number of carbonyl (C=O) groups excluding carboxylic acids is 2. The third kappa shape index (κ3) is 7.77. The molecule has 15 heteroatoms. The second-order valence-corrected chi connectivity index (χ2v) is 12.2. The summed E-state index contributed by atoms with van der Waals surface area (Å²) in [6.07, 6.45) is 4.53. The fourth-order valence-corrected chi connectivity index (χ4v) is 6.30. The molecular formula is C29H40N8O6S. The molecule has 0 spiro atoms. The lowest BCUT2D eigenvalue weighted by Gasteiger charge is -2.33. The minimum atomic E-state index is -3.95. The van der Waals surface area contributed by atoms with E-state index in [0.29, 0.717) is 63.4 Å². The van der Waals surface area contributed by atoms with E-state index in [-0.39, 0.29) is 40.9 Å². The number of sulfonamides is 1. The Labute approximate surface area is 257 Å². The van der Waals surface area contributed by atoms with Crippen LogP contribution in [0.2, 0.25) is 0 Å². The van der Waals surface area contributed by atoms with Crippen molar-refractivity contribution < 1.29 is 27.5 Å². The summed E-state index contributed by atoms with van der Waals surface area (Å²) in [7, 11) is -2.38. The summed E-state index contributed by atoms with van der Waals surface area (Å²) in [5, 5.41) is 7.19. The first-order valence-corrected chi connectivity index (χ1v) is 16.1. The summed E-state index contributed by atoms with van der Waals surface area (Å²) >= 11 is 0. The molecule has 238 valence electrons. The van der Waals surface area contributed by atoms with E-state index in [2.05, 4.69) is 25.3 Å². The molecule has 0 aliphatic carbocycles. The molecule has 1 aliphatic rings. The third-order valence-corrected chi connectivity index (χ3v) is 9.14. The minimum absolute atomic E-state index is 0.0492. The highest BCUT2D eigenvalue weighted by atomic mass is 32.2. The van der Waals surface area contributed by atoms with Crippen molar-refractivity contribution in [2.24, 2.45) is 5.73 Å². The van der Waals surface area contributed by atoms with Crippen molar-refractivity contribution in [1.82, 2.24) is 29.0 Å². The predicted octanol–water partition coefficient (Wildman–Crippen LogP) is 1.77. The Morgan fingerprint density at radius 1 is 1.09 bits per heavy atom. The molecule has 0 aromatic carbocycles. The quantitative estimate of drug-likeness (QED) is 0.236. The molecule has 0 unspecified atom stereocenters. The summed E-state index contributed by atoms with van der Waals surface area (Å²) in [4.78, 5) is 37.0. The zero-order chi connectivity index (χ0) is 31.7. The monoisotopic (exact) mass is 628 g/mol. The van der Waals surface area contributed by atoms with Gasteiger partial charge in [0.15, 0.2) is 5.69 Å². The lowest BCUT2D eigenvalue weighted by Crippen LogP contribution is -2.48. The predicted molar refractivity (Wildman–Crippen MR) is 163 cm³/mol. The molecule has 2 amide bonds. The Morgan fingerprint density at radius 2 is 1.86 bits per heavy atom. The number of primary amides is 1. The molecule has 0 radical (unpaired) electrons. The number of rotatable bonds is 15. The average molecular weight is 629 g/mol. The fraction of sp³-hybridized carbons (Fsp3) is 0.483. The Bertz CT molecular complexity index is 1540. The highest BCUT2D eigenvalue weighted by Crippen LogP contribution is 2.28. The van der Waals surface area contributed by atoms with E-state index >= 15 is 0 Å². The number of pyridine rings is 2. The molecule has 4 rings (SSSR count). The van der Waals surface area contributed by atoms with Gasteiger partial charge in [0.05, 0.1) is 36.4 Å². The number of nitrogens with two attached hydrogens (primary N) is 1. The number of nitrogens with zero attached hydrogens (tertiary/aromatic N) is 6. The topological polar surface area (TPSA) is 175 Å². The van der Waals surface area contributed by atoms with Crippen molar-refractivity contribution in [2.75, 3.05) is 58.4 Å². The fourth-order valence-electron chi connectivity index (χ4n) is 4.91. The van der Waals surface area contributed by atoms with Gasteiger partial charge in [0.25, 0.3) is 11.8 Å². The van der Waals surface area contributed by atoms with Gasteiger partial charge in [-0.05, 0) is 31.2 Å². The zero-order valence-electron chi connectivity index (χ0n) is 25.4. The normalized spacial score (nSPS) is 14.4. The number of piperazine rings is 1. The summed E-state index contributed by atoms with van der Waals surface area (Å²) in [5.41, 5.74) is 6.89. The largest absolute Gasteiger partial charge is 0.477 e. The van der Waals surface area contributed by atoms with Gasteiger partial charge in [-0.2, -0.15) is 9.40 Å². The summed E-state index contributed by atoms with van der Waals surface area (Å²) in [5.74, 6) is -1.59. The second kappa shape index (κ2) is 15.2. The van der Waals surface area contributed by atoms with E-state index < -0.39 is 21.8 Å². The second-order valence-electron chi connectivity index (χ2n) is 10.3. The molecule has 0 saturated carbocycles. The number of ether oxygens (including phenoxy) is 2. The average Bonchev–Trinajstić information content (AvgIpc) is 3.36. The minimum Gasteiger partial charge on any atom is -0.477 e. The number of aromatic nitrogens is 4. The van der Waals surface area contributed by atoms with Crippen LogP contribution in [0.1, 0.15) is 58.9 Å². The van der Waals surface area contributed by atoms with E-state index in [9.17, 15) is 18.0 Å². The molecule has 1 saturated heterocycles. The van der Waals surface area contributed by atoms with E-state index in [1.165, 1.54) is 16.6 Å². The van der Waals surface area contributed by atoms with Crippen molar-refractivity contribution in [3.8, 4) is 5.88 Å². The van der Waals surface area contributed by atoms with Crippen LogP contribution in [-0.4, -0.2) is 102 Å². The van der Waals surface area contributed by atoms with E-state index in [1.807, 2.05) is 26.0 Å². The summed E-state index contributed by atoms with van der Waals surface area (Å²) < 4.78 is 41.0. The molecule has 0 bridgehead atoms. The van der Waals surface area contributed by atoms with Gasteiger partial charge in [0.2, 0.25) is 15.9 Å². The number of hydrogen-bond acceptors (Lipinski definition) is 10. The number of anilines is 1. The van der Waals surface area contributed by atoms with Gasteiger partial charge in [-0.3, -0.25) is 19.3 Å². The highest BCUT2D eigenvalue weighted by Gasteiger charge is 2.31. The SMILES string of the molecule is CCCc1c(NC(=O)c2cc(S(=O)(=O)N3CCN(CC)CC3)cnc2OCCCOC)c(C(N)=O)nn1Cc1ccccn1. The van der Waals surface area contributed by atoms with Crippen molar-refractivity contribution in [3.05, 3.63) is 59.3 Å². The molecule has 0 atom stereocenters. The standard InChI is InChI=1S/C29H40N8O6S/c1-4-9-24-25(26(27(30)38)34-37(24)20-21-10-6-7-11-31-21)33-28(39)23-18-22(19-32-29(23)43-17-8-16-42-3)44(40,41)36-14-12-35(5-2)13-15-36/h6-7,10-11,18-19H,4-5,8-9,12-17,20H2,1-3H3,(H2,30,38)(H,33,39). The number of nitrogens with one attached hydrogen (secondary N) is 1. The molecule has 3 aromatic heterocycles. The lowest BCUT2D eigenvalue weighted by molar-refractivity contribution is 0.0995. The number of methoxy groups -OCH3 is 1. The summed E-state index contributed by atoms with van der Waals surface area (Å²) in [6.45, 7) is 7.54. The summed E-state index contributed by atoms with van der Waals surface area (Å²) in [6, 6.07) is 6.72. The van der Waals surface area contributed by atoms with Crippen LogP contribution >= 0.6 is 0 Å². The van der Waals surface area contributed by atoms with E-state index in [4.69, 9.17) is 15.2 Å². The van der Waals surface area contributed by atoms with Gasteiger partial charge in [-0.1, -0.05) is 26.3 Å². The van der Waals surface area contributed by atoms with Gasteiger partial charge in [-0.15, -0.1) is 0 Å². The lowest BCUT2D eigenvalue weighted by atomic mass is 10.1. The van der Waals surface area contributed by atoms with Crippen LogP contribution in [0.15, 0.2) is 41.6 Å². The highest BCUT2D eigenvalue weighted by molar-refractivity contribution is 7.89. The Morgan fingerprint density at radius 3 is 2.50 bits per heavy atom. The maximum absolute atomic E-state index is 13.9. The number of hydrogen-bond donors (Lipinski definition) is 2. The molecule has 3 aromatic rings. The van der Waals surface area contributed by atoms with Crippen LogP contribution in [0.3, 0.4) is 0 Å². The van der Waals surface area contributed by atoms with Gasteiger partial charge >= 0.3 is 0 Å². The molecule has 4 heterocycles. The van der Waals surface area contributed by atoms with Crippen molar-refractivity contribution in [1.29, 1.82) is 0 Å². The van der Waals surface area contributed by atoms with Crippen LogP contribution in [0.5, 0.6) is 5.88 Å².